The smallest absolute Gasteiger partial charge is 0.276 e. The predicted molar refractivity (Wildman–Crippen MR) is 107 cm³/mol. The van der Waals surface area contributed by atoms with Crippen LogP contribution in [0.5, 0.6) is 0 Å². The van der Waals surface area contributed by atoms with E-state index in [2.05, 4.69) is 15.7 Å². The van der Waals surface area contributed by atoms with Gasteiger partial charge in [0.2, 0.25) is 0 Å². The Morgan fingerprint density at radius 3 is 2.57 bits per heavy atom. The molecule has 1 fully saturated rings. The molecule has 8 heteroatoms. The molecule has 0 radical (unpaired) electrons. The number of carbonyl (C=O) groups excluding carboxylic acids is 1. The molecule has 4 rings (SSSR count). The number of anilines is 1. The van der Waals surface area contributed by atoms with Crippen LogP contribution in [0.15, 0.2) is 60.8 Å². The third-order valence-electron chi connectivity index (χ3n) is 4.38. The summed E-state index contributed by atoms with van der Waals surface area (Å²) in [5.41, 5.74) is 2.72. The average Bonchev–Trinajstić information content (AvgIpc) is 3.20. The van der Waals surface area contributed by atoms with Crippen LogP contribution in [0.3, 0.4) is 0 Å². The molecule has 1 aliphatic rings. The number of nitrogens with one attached hydrogen (secondary N) is 2. The van der Waals surface area contributed by atoms with Crippen LogP contribution in [0.2, 0.25) is 0 Å². The first-order valence-electron chi connectivity index (χ1n) is 8.74. The topological polar surface area (TPSA) is 68.2 Å². The van der Waals surface area contributed by atoms with Gasteiger partial charge in [0.1, 0.15) is 5.82 Å². The molecule has 0 spiro atoms. The van der Waals surface area contributed by atoms with Crippen LogP contribution in [-0.4, -0.2) is 35.4 Å². The zero-order chi connectivity index (χ0) is 18.6. The molecule has 0 saturated carbocycles. The second-order valence-electron chi connectivity index (χ2n) is 6.26. The van der Waals surface area contributed by atoms with Gasteiger partial charge in [-0.15, -0.1) is 12.4 Å². The van der Waals surface area contributed by atoms with Crippen LogP contribution in [-0.2, 0) is 4.74 Å². The van der Waals surface area contributed by atoms with Crippen molar-refractivity contribution in [2.45, 2.75) is 6.10 Å². The lowest BCUT2D eigenvalue weighted by Crippen LogP contribution is -2.33. The molecule has 146 valence electrons. The van der Waals surface area contributed by atoms with E-state index in [0.29, 0.717) is 18.0 Å². The van der Waals surface area contributed by atoms with Crippen molar-refractivity contribution in [2.24, 2.45) is 0 Å². The van der Waals surface area contributed by atoms with Crippen molar-refractivity contribution in [3.8, 4) is 5.69 Å². The highest BCUT2D eigenvalue weighted by Gasteiger charge is 2.16. The number of hydrogen-bond donors (Lipinski definition) is 2. The third kappa shape index (κ3) is 4.56. The summed E-state index contributed by atoms with van der Waals surface area (Å²) in [5, 5.41) is 10.4. The fourth-order valence-electron chi connectivity index (χ4n) is 2.94. The van der Waals surface area contributed by atoms with Gasteiger partial charge in [-0.2, -0.15) is 5.10 Å². The van der Waals surface area contributed by atoms with Gasteiger partial charge in [-0.3, -0.25) is 4.79 Å². The maximum atomic E-state index is 13.0. The van der Waals surface area contributed by atoms with Gasteiger partial charge in [-0.25, -0.2) is 9.07 Å². The van der Waals surface area contributed by atoms with E-state index in [4.69, 9.17) is 4.74 Å². The standard InChI is InChI=1S/C20H19FN4O2.ClH/c21-15-3-7-17(8-4-15)25-11-9-18(24-25)20(26)23-16-5-1-14(2-6-16)19-13-22-10-12-27-19;/h1-9,11,19,22H,10,12-13H2,(H,23,26);1H/t19-;/m0./s1. The van der Waals surface area contributed by atoms with Crippen molar-refractivity contribution >= 4 is 24.0 Å². The third-order valence-corrected chi connectivity index (χ3v) is 4.38. The van der Waals surface area contributed by atoms with E-state index < -0.39 is 0 Å². The Hall–Kier alpha value is -2.74. The molecule has 1 aromatic heterocycles. The molecular weight excluding hydrogens is 383 g/mol. The number of benzene rings is 2. The van der Waals surface area contributed by atoms with E-state index in [1.807, 2.05) is 24.3 Å². The first-order valence-corrected chi connectivity index (χ1v) is 8.74. The molecule has 6 nitrogen and oxygen atoms in total. The molecule has 28 heavy (non-hydrogen) atoms. The molecule has 0 bridgehead atoms. The van der Waals surface area contributed by atoms with Crippen molar-refractivity contribution in [2.75, 3.05) is 25.0 Å². The van der Waals surface area contributed by atoms with E-state index >= 15 is 0 Å². The fourth-order valence-corrected chi connectivity index (χ4v) is 2.94. The van der Waals surface area contributed by atoms with Crippen LogP contribution < -0.4 is 10.6 Å². The van der Waals surface area contributed by atoms with Crippen molar-refractivity contribution in [1.82, 2.24) is 15.1 Å². The van der Waals surface area contributed by atoms with E-state index in [1.165, 1.54) is 16.8 Å². The monoisotopic (exact) mass is 402 g/mol. The normalized spacial score (nSPS) is 16.2. The number of hydrogen-bond acceptors (Lipinski definition) is 4. The number of aromatic nitrogens is 2. The van der Waals surface area contributed by atoms with Crippen molar-refractivity contribution < 1.29 is 13.9 Å². The minimum Gasteiger partial charge on any atom is -0.371 e. The summed E-state index contributed by atoms with van der Waals surface area (Å²) >= 11 is 0. The van der Waals surface area contributed by atoms with E-state index in [9.17, 15) is 9.18 Å². The number of nitrogens with zero attached hydrogens (tertiary/aromatic N) is 2. The number of carbonyl (C=O) groups is 1. The van der Waals surface area contributed by atoms with Gasteiger partial charge in [-0.1, -0.05) is 12.1 Å². The molecule has 1 aliphatic heterocycles. The molecule has 2 N–H and O–H groups in total. The van der Waals surface area contributed by atoms with E-state index in [0.717, 1.165) is 18.7 Å². The number of ether oxygens (including phenoxy) is 1. The predicted octanol–water partition coefficient (Wildman–Crippen LogP) is 3.35. The minimum absolute atomic E-state index is 0. The van der Waals surface area contributed by atoms with Gasteiger partial charge in [-0.05, 0) is 48.0 Å². The van der Waals surface area contributed by atoms with Gasteiger partial charge < -0.3 is 15.4 Å². The van der Waals surface area contributed by atoms with Gasteiger partial charge in [0.25, 0.3) is 5.91 Å². The average molecular weight is 403 g/mol. The summed E-state index contributed by atoms with van der Waals surface area (Å²) in [6.07, 6.45) is 1.70. The molecular formula is C20H20ClFN4O2. The molecule has 1 atom stereocenters. The fraction of sp³-hybridized carbons (Fsp3) is 0.200. The Morgan fingerprint density at radius 2 is 1.89 bits per heavy atom. The van der Waals surface area contributed by atoms with Crippen LogP contribution >= 0.6 is 12.4 Å². The molecule has 0 unspecified atom stereocenters. The first kappa shape index (κ1) is 20.0. The zero-order valence-corrected chi connectivity index (χ0v) is 15.8. The molecule has 2 aromatic carbocycles. The number of amides is 1. The lowest BCUT2D eigenvalue weighted by atomic mass is 10.1. The van der Waals surface area contributed by atoms with Gasteiger partial charge in [0.05, 0.1) is 18.4 Å². The van der Waals surface area contributed by atoms with Crippen LogP contribution in [0.4, 0.5) is 10.1 Å². The maximum absolute atomic E-state index is 13.0. The van der Waals surface area contributed by atoms with Crippen molar-refractivity contribution in [3.05, 3.63) is 77.9 Å². The molecule has 3 aromatic rings. The number of halogens is 2. The summed E-state index contributed by atoms with van der Waals surface area (Å²) in [4.78, 5) is 12.4. The van der Waals surface area contributed by atoms with Crippen molar-refractivity contribution in [3.63, 3.8) is 0 Å². The minimum atomic E-state index is -0.318. The summed E-state index contributed by atoms with van der Waals surface area (Å²) in [6, 6.07) is 15.1. The maximum Gasteiger partial charge on any atom is 0.276 e. The van der Waals surface area contributed by atoms with E-state index in [-0.39, 0.29) is 35.9 Å². The van der Waals surface area contributed by atoms with Crippen LogP contribution in [0.1, 0.15) is 22.2 Å². The van der Waals surface area contributed by atoms with Crippen LogP contribution in [0, 0.1) is 5.82 Å². The van der Waals surface area contributed by atoms with Gasteiger partial charge in [0.15, 0.2) is 5.69 Å². The lowest BCUT2D eigenvalue weighted by molar-refractivity contribution is 0.0277. The Bertz CT molecular complexity index is 922. The van der Waals surface area contributed by atoms with E-state index in [1.54, 1.807) is 24.4 Å². The highest BCUT2D eigenvalue weighted by atomic mass is 35.5. The first-order chi connectivity index (χ1) is 13.2. The van der Waals surface area contributed by atoms with Crippen LogP contribution in [0.25, 0.3) is 5.69 Å². The summed E-state index contributed by atoms with van der Waals surface area (Å²) < 4.78 is 20.3. The number of morpholine rings is 1. The van der Waals surface area contributed by atoms with Gasteiger partial charge in [0, 0.05) is 25.0 Å². The zero-order valence-electron chi connectivity index (χ0n) is 15.0. The Morgan fingerprint density at radius 1 is 1.14 bits per heavy atom. The molecule has 1 amide bonds. The second kappa shape index (κ2) is 8.97. The molecule has 0 aliphatic carbocycles. The Balaban J connectivity index is 0.00000225. The Labute approximate surface area is 168 Å². The lowest BCUT2D eigenvalue weighted by Gasteiger charge is -2.24. The van der Waals surface area contributed by atoms with Crippen molar-refractivity contribution in [1.29, 1.82) is 0 Å². The molecule has 1 saturated heterocycles. The van der Waals surface area contributed by atoms with Gasteiger partial charge >= 0.3 is 0 Å². The summed E-state index contributed by atoms with van der Waals surface area (Å²) in [7, 11) is 0. The molecule has 2 heterocycles. The highest BCUT2D eigenvalue weighted by molar-refractivity contribution is 6.02. The SMILES string of the molecule is Cl.O=C(Nc1ccc([C@@H]2CNCCO2)cc1)c1ccn(-c2ccc(F)cc2)n1. The largest absolute Gasteiger partial charge is 0.371 e. The second-order valence-corrected chi connectivity index (χ2v) is 6.26. The number of rotatable bonds is 4. The summed E-state index contributed by atoms with van der Waals surface area (Å²) in [5.74, 6) is -0.624. The summed E-state index contributed by atoms with van der Waals surface area (Å²) in [6.45, 7) is 2.35. The highest BCUT2D eigenvalue weighted by Crippen LogP contribution is 2.21. The Kier molecular flexibility index (Phi) is 6.41. The quantitative estimate of drug-likeness (QED) is 0.702.